The number of hydrogen-bond acceptors (Lipinski definition) is 4. The Morgan fingerprint density at radius 3 is 2.61 bits per heavy atom. The number of halogens is 2. The lowest BCUT2D eigenvalue weighted by atomic mass is 10.0. The first-order chi connectivity index (χ1) is 17.6. The van der Waals surface area contributed by atoms with Crippen molar-refractivity contribution in [2.75, 3.05) is 31.2 Å². The van der Waals surface area contributed by atoms with Gasteiger partial charge in [0.2, 0.25) is 0 Å². The third-order valence-corrected chi connectivity index (χ3v) is 10.3. The maximum Gasteiger partial charge on any atom is 0.150 e. The molecule has 1 atom stereocenters. The van der Waals surface area contributed by atoms with E-state index >= 15 is 4.39 Å². The second-order valence-electron chi connectivity index (χ2n) is 9.37. The van der Waals surface area contributed by atoms with Gasteiger partial charge in [-0.15, -0.1) is 20.7 Å². The fourth-order valence-corrected chi connectivity index (χ4v) is 8.80. The van der Waals surface area contributed by atoms with Gasteiger partial charge in [0.25, 0.3) is 0 Å². The number of benzene rings is 2. The molecule has 1 aromatic heterocycles. The number of aliphatic hydroxyl groups excluding tert-OH is 1. The van der Waals surface area contributed by atoms with Crippen molar-refractivity contribution in [3.05, 3.63) is 67.9 Å². The number of unbranched alkanes of at least 4 members (excludes halogenated alkanes) is 1. The van der Waals surface area contributed by atoms with Crippen LogP contribution >= 0.6 is 20.7 Å². The third-order valence-electron chi connectivity index (χ3n) is 6.78. The summed E-state index contributed by atoms with van der Waals surface area (Å²) >= 11 is -0.453. The SMILES string of the molecule is CCCOCCCCc1cc2ncc3c(c2c(N(CC)CC)c1F)=IC(Cc1ccccc1)CC=3O. The molecule has 0 saturated heterocycles. The Labute approximate surface area is 223 Å². The van der Waals surface area contributed by atoms with Crippen molar-refractivity contribution < 1.29 is 14.2 Å². The van der Waals surface area contributed by atoms with Crippen molar-refractivity contribution >= 4 is 43.1 Å². The van der Waals surface area contributed by atoms with Gasteiger partial charge in [0.1, 0.15) is 11.6 Å². The van der Waals surface area contributed by atoms with Gasteiger partial charge in [0.15, 0.2) is 0 Å². The first-order valence-electron chi connectivity index (χ1n) is 13.3. The maximum absolute atomic E-state index is 16.2. The summed E-state index contributed by atoms with van der Waals surface area (Å²) in [5, 5.41) is 12.8. The second-order valence-corrected chi connectivity index (χ2v) is 12.8. The van der Waals surface area contributed by atoms with Gasteiger partial charge in [-0.25, -0.2) is 4.39 Å². The highest BCUT2D eigenvalue weighted by molar-refractivity contribution is 14.2. The van der Waals surface area contributed by atoms with E-state index in [0.29, 0.717) is 28.2 Å². The van der Waals surface area contributed by atoms with Gasteiger partial charge in [0, 0.05) is 56.6 Å². The van der Waals surface area contributed by atoms with E-state index in [9.17, 15) is 5.11 Å². The molecule has 194 valence electrons. The van der Waals surface area contributed by atoms with Crippen molar-refractivity contribution in [2.45, 2.75) is 63.2 Å². The largest absolute Gasteiger partial charge is 0.512 e. The average molecular weight is 605 g/mol. The molecule has 0 radical (unpaired) electrons. The molecule has 1 N–H and O–H groups in total. The maximum atomic E-state index is 16.2. The molecule has 4 nitrogen and oxygen atoms in total. The molecule has 1 aliphatic heterocycles. The highest BCUT2D eigenvalue weighted by Gasteiger charge is 2.23. The number of hydrogen-bond donors (Lipinski definition) is 1. The number of ether oxygens (including phenoxy) is 1. The summed E-state index contributed by atoms with van der Waals surface area (Å²) < 4.78 is 23.3. The molecular weight excluding hydrogens is 566 g/mol. The summed E-state index contributed by atoms with van der Waals surface area (Å²) in [5.41, 5.74) is 3.54. The van der Waals surface area contributed by atoms with Crippen LogP contribution in [0, 0.1) is 8.97 Å². The summed E-state index contributed by atoms with van der Waals surface area (Å²) in [6, 6.07) is 12.4. The Morgan fingerprint density at radius 1 is 1.11 bits per heavy atom. The van der Waals surface area contributed by atoms with Crippen LogP contribution in [0.3, 0.4) is 0 Å². The van der Waals surface area contributed by atoms with E-state index in [1.807, 2.05) is 18.3 Å². The van der Waals surface area contributed by atoms with Crippen LogP contribution in [-0.4, -0.2) is 40.3 Å². The van der Waals surface area contributed by atoms with E-state index in [4.69, 9.17) is 9.72 Å². The molecule has 2 heterocycles. The topological polar surface area (TPSA) is 45.6 Å². The Hall–Kier alpha value is -2.06. The monoisotopic (exact) mass is 604 g/mol. The average Bonchev–Trinajstić information content (AvgIpc) is 2.88. The van der Waals surface area contributed by atoms with Crippen molar-refractivity contribution in [1.29, 1.82) is 0 Å². The quantitative estimate of drug-likeness (QED) is 0.139. The van der Waals surface area contributed by atoms with Crippen LogP contribution < -0.4 is 10.1 Å². The fraction of sp³-hybridized carbons (Fsp3) is 0.467. The molecule has 0 amide bonds. The molecule has 36 heavy (non-hydrogen) atoms. The van der Waals surface area contributed by atoms with E-state index < -0.39 is 20.7 Å². The predicted molar refractivity (Wildman–Crippen MR) is 156 cm³/mol. The molecule has 4 rings (SSSR count). The van der Waals surface area contributed by atoms with Gasteiger partial charge in [-0.1, -0.05) is 37.3 Å². The summed E-state index contributed by atoms with van der Waals surface area (Å²) in [6.07, 6.45) is 6.92. The van der Waals surface area contributed by atoms with Crippen LogP contribution in [0.1, 0.15) is 57.6 Å². The minimum atomic E-state index is -0.453. The predicted octanol–water partition coefficient (Wildman–Crippen LogP) is 6.87. The molecule has 2 aromatic carbocycles. The molecule has 0 aliphatic carbocycles. The van der Waals surface area contributed by atoms with Crippen molar-refractivity contribution in [1.82, 2.24) is 4.98 Å². The summed E-state index contributed by atoms with van der Waals surface area (Å²) in [7, 11) is 0. The molecule has 0 saturated carbocycles. The van der Waals surface area contributed by atoms with E-state index in [1.54, 1.807) is 0 Å². The van der Waals surface area contributed by atoms with Crippen LogP contribution in [0.15, 0.2) is 42.6 Å². The Balaban J connectivity index is 1.79. The van der Waals surface area contributed by atoms with Crippen LogP contribution in [0.5, 0.6) is 0 Å². The van der Waals surface area contributed by atoms with Gasteiger partial charge < -0.3 is 14.7 Å². The fourth-order valence-electron chi connectivity index (χ4n) is 4.92. The zero-order valence-corrected chi connectivity index (χ0v) is 23.9. The summed E-state index contributed by atoms with van der Waals surface area (Å²) in [5.74, 6) is 0.276. The number of fused-ring (bicyclic) bond motifs is 3. The zero-order chi connectivity index (χ0) is 25.5. The number of aryl methyl sites for hydroxylation is 1. The third kappa shape index (κ3) is 6.08. The molecule has 0 spiro atoms. The standard InChI is InChI=1S/C30H38FIN2O2/c1-4-15-36-16-11-10-14-22-18-25-27(30(28(22)31)34(5-2)6-3)29-24(20-33-25)26(35)19-23(32-29)17-21-12-8-7-9-13-21/h7-9,12-13,18,20,23,35H,4-6,10-11,14-17,19H2,1-3H3. The molecule has 3 aromatic rings. The van der Waals surface area contributed by atoms with Crippen LogP contribution in [-0.2, 0) is 17.6 Å². The first-order valence-corrected chi connectivity index (χ1v) is 15.6. The van der Waals surface area contributed by atoms with E-state index in [0.717, 1.165) is 76.8 Å². The highest BCUT2D eigenvalue weighted by Crippen LogP contribution is 2.37. The molecule has 1 aliphatic rings. The highest BCUT2D eigenvalue weighted by atomic mass is 127. The molecule has 0 fully saturated rings. The number of nitrogens with zero attached hydrogens (tertiary/aromatic N) is 2. The van der Waals surface area contributed by atoms with E-state index in [1.165, 1.54) is 5.56 Å². The molecule has 1 unspecified atom stereocenters. The van der Waals surface area contributed by atoms with Crippen molar-refractivity contribution in [2.24, 2.45) is 0 Å². The molecule has 6 heteroatoms. The summed E-state index contributed by atoms with van der Waals surface area (Å²) in [6.45, 7) is 9.21. The first kappa shape index (κ1) is 27.0. The zero-order valence-electron chi connectivity index (χ0n) is 21.7. The van der Waals surface area contributed by atoms with Crippen LogP contribution in [0.4, 0.5) is 10.1 Å². The second kappa shape index (κ2) is 13.0. The number of anilines is 1. The number of aromatic nitrogens is 1. The minimum Gasteiger partial charge on any atom is -0.512 e. The van der Waals surface area contributed by atoms with Crippen LogP contribution in [0.25, 0.3) is 16.7 Å². The van der Waals surface area contributed by atoms with Crippen LogP contribution in [0.2, 0.25) is 0 Å². The number of alkyl halides is 1. The lowest BCUT2D eigenvalue weighted by molar-refractivity contribution is 0.131. The molecular formula is C30H38FIN2O2. The van der Waals surface area contributed by atoms with E-state index in [2.05, 4.69) is 49.9 Å². The smallest absolute Gasteiger partial charge is 0.150 e. The van der Waals surface area contributed by atoms with Crippen molar-refractivity contribution in [3.8, 4) is 0 Å². The van der Waals surface area contributed by atoms with Gasteiger partial charge in [-0.3, -0.25) is 4.98 Å². The van der Waals surface area contributed by atoms with E-state index in [-0.39, 0.29) is 5.82 Å². The summed E-state index contributed by atoms with van der Waals surface area (Å²) in [4.78, 5) is 6.87. The minimum absolute atomic E-state index is 0.121. The van der Waals surface area contributed by atoms with Gasteiger partial charge in [-0.2, -0.15) is 0 Å². The number of pyridine rings is 1. The normalized spacial score (nSPS) is 15.3. The van der Waals surface area contributed by atoms with Gasteiger partial charge in [0.05, 0.1) is 11.2 Å². The van der Waals surface area contributed by atoms with Crippen molar-refractivity contribution in [3.63, 3.8) is 0 Å². The lowest BCUT2D eigenvalue weighted by Gasteiger charge is -2.26. The van der Waals surface area contributed by atoms with Gasteiger partial charge in [-0.05, 0) is 63.1 Å². The Bertz CT molecular complexity index is 1290. The lowest BCUT2D eigenvalue weighted by Crippen LogP contribution is -2.25. The number of aliphatic hydroxyl groups is 1. The number of rotatable bonds is 12. The Morgan fingerprint density at radius 2 is 1.89 bits per heavy atom. The molecule has 0 bridgehead atoms. The Kier molecular flexibility index (Phi) is 9.71. The van der Waals surface area contributed by atoms with Gasteiger partial charge >= 0.3 is 0 Å².